The van der Waals surface area contributed by atoms with Gasteiger partial charge < -0.3 is 23.7 Å². The van der Waals surface area contributed by atoms with Crippen molar-refractivity contribution in [3.63, 3.8) is 0 Å². The van der Waals surface area contributed by atoms with Crippen LogP contribution >= 0.6 is 0 Å². The molecule has 0 N–H and O–H groups in total. The molecule has 3 aliphatic rings. The van der Waals surface area contributed by atoms with Gasteiger partial charge in [-0.25, -0.2) is 0 Å². The van der Waals surface area contributed by atoms with Gasteiger partial charge in [-0.3, -0.25) is 4.79 Å². The number of rotatable bonds is 15. The summed E-state index contributed by atoms with van der Waals surface area (Å²) in [5.74, 6) is -0.479. The lowest BCUT2D eigenvalue weighted by molar-refractivity contribution is -0.232. The van der Waals surface area contributed by atoms with Gasteiger partial charge in [0, 0.05) is 6.42 Å². The number of carbonyl (C=O) groups excluding carboxylic acids is 1. The minimum absolute atomic E-state index is 0.191. The van der Waals surface area contributed by atoms with E-state index >= 15 is 0 Å². The average Bonchev–Trinajstić information content (AvgIpc) is 3.55. The summed E-state index contributed by atoms with van der Waals surface area (Å²) in [7, 11) is 0. The van der Waals surface area contributed by atoms with Crippen molar-refractivity contribution in [1.82, 2.24) is 0 Å². The fourth-order valence-corrected chi connectivity index (χ4v) is 5.67. The molecule has 3 aliphatic heterocycles. The molecule has 3 saturated heterocycles. The summed E-state index contributed by atoms with van der Waals surface area (Å²) >= 11 is 0. The summed E-state index contributed by atoms with van der Waals surface area (Å²) in [5.41, 5.74) is 1.10. The van der Waals surface area contributed by atoms with Gasteiger partial charge in [-0.1, -0.05) is 88.6 Å². The number of hydrogen-bond donors (Lipinski definition) is 0. The molecule has 0 spiro atoms. The molecule has 1 aromatic carbocycles. The Bertz CT molecular complexity index is 796. The molecule has 4 rings (SSSR count). The van der Waals surface area contributed by atoms with E-state index in [0.29, 0.717) is 13.0 Å². The Labute approximate surface area is 217 Å². The first-order valence-corrected chi connectivity index (χ1v) is 14.3. The van der Waals surface area contributed by atoms with Gasteiger partial charge in [-0.05, 0) is 38.7 Å². The molecule has 0 aliphatic carbocycles. The molecule has 6 heteroatoms. The maximum absolute atomic E-state index is 12.8. The lowest BCUT2D eigenvalue weighted by Crippen LogP contribution is -2.43. The van der Waals surface area contributed by atoms with Gasteiger partial charge >= 0.3 is 0 Å². The molecule has 36 heavy (non-hydrogen) atoms. The van der Waals surface area contributed by atoms with Gasteiger partial charge in [-0.15, -0.1) is 0 Å². The SMILES string of the molecule is CCCCCCCCCCCC(=O)[C@@H]1CC[C@@H]([C@@H]2O[C@H]3OC(C)(C)O[C@@H]3[C@H]2OCc2ccccc2)O1. The van der Waals surface area contributed by atoms with Crippen molar-refractivity contribution < 1.29 is 28.5 Å². The Morgan fingerprint density at radius 3 is 2.31 bits per heavy atom. The number of benzene rings is 1. The van der Waals surface area contributed by atoms with Gasteiger partial charge in [0.15, 0.2) is 17.9 Å². The van der Waals surface area contributed by atoms with E-state index in [1.165, 1.54) is 44.9 Å². The van der Waals surface area contributed by atoms with Crippen LogP contribution in [0.2, 0.25) is 0 Å². The summed E-state index contributed by atoms with van der Waals surface area (Å²) < 4.78 is 31.1. The summed E-state index contributed by atoms with van der Waals surface area (Å²) in [6.45, 7) is 6.50. The molecule has 3 heterocycles. The molecular weight excluding hydrogens is 456 g/mol. The zero-order valence-corrected chi connectivity index (χ0v) is 22.5. The molecule has 6 nitrogen and oxygen atoms in total. The minimum Gasteiger partial charge on any atom is -0.368 e. The summed E-state index contributed by atoms with van der Waals surface area (Å²) in [4.78, 5) is 12.8. The number of carbonyl (C=O) groups is 1. The van der Waals surface area contributed by atoms with Crippen LogP contribution in [-0.4, -0.2) is 48.4 Å². The van der Waals surface area contributed by atoms with Crippen molar-refractivity contribution >= 4 is 5.78 Å². The van der Waals surface area contributed by atoms with Crippen molar-refractivity contribution in [2.45, 2.75) is 147 Å². The van der Waals surface area contributed by atoms with E-state index in [9.17, 15) is 4.79 Å². The molecule has 0 amide bonds. The lowest BCUT2D eigenvalue weighted by Gasteiger charge is -2.29. The zero-order chi connectivity index (χ0) is 25.4. The first-order valence-electron chi connectivity index (χ1n) is 14.3. The highest BCUT2D eigenvalue weighted by molar-refractivity contribution is 5.83. The van der Waals surface area contributed by atoms with Crippen molar-refractivity contribution in [3.8, 4) is 0 Å². The second kappa shape index (κ2) is 13.5. The van der Waals surface area contributed by atoms with Gasteiger partial charge in [0.05, 0.1) is 12.7 Å². The highest BCUT2D eigenvalue weighted by Crippen LogP contribution is 2.42. The Morgan fingerprint density at radius 2 is 1.58 bits per heavy atom. The number of ether oxygens (including phenoxy) is 5. The lowest BCUT2D eigenvalue weighted by atomic mass is 10.0. The maximum Gasteiger partial charge on any atom is 0.190 e. The van der Waals surface area contributed by atoms with E-state index in [2.05, 4.69) is 6.92 Å². The Balaban J connectivity index is 1.22. The highest BCUT2D eigenvalue weighted by Gasteiger charge is 2.58. The van der Waals surface area contributed by atoms with E-state index in [0.717, 1.165) is 31.2 Å². The molecule has 0 saturated carbocycles. The second-order valence-electron chi connectivity index (χ2n) is 11.1. The molecule has 1 aromatic rings. The van der Waals surface area contributed by atoms with Crippen LogP contribution in [0.5, 0.6) is 0 Å². The van der Waals surface area contributed by atoms with Gasteiger partial charge in [-0.2, -0.15) is 0 Å². The van der Waals surface area contributed by atoms with Crippen LogP contribution in [0.15, 0.2) is 30.3 Å². The molecule has 202 valence electrons. The zero-order valence-electron chi connectivity index (χ0n) is 22.5. The van der Waals surface area contributed by atoms with Crippen molar-refractivity contribution in [2.24, 2.45) is 0 Å². The predicted octanol–water partition coefficient (Wildman–Crippen LogP) is 6.49. The normalized spacial score (nSPS) is 31.1. The predicted molar refractivity (Wildman–Crippen MR) is 138 cm³/mol. The number of hydrogen-bond acceptors (Lipinski definition) is 6. The van der Waals surface area contributed by atoms with Crippen LogP contribution in [0.25, 0.3) is 0 Å². The average molecular weight is 503 g/mol. The first kappa shape index (κ1) is 27.7. The van der Waals surface area contributed by atoms with E-state index in [4.69, 9.17) is 23.7 Å². The molecule has 3 fully saturated rings. The molecule has 0 unspecified atom stereocenters. The maximum atomic E-state index is 12.8. The molecule has 0 bridgehead atoms. The van der Waals surface area contributed by atoms with Gasteiger partial charge in [0.2, 0.25) is 0 Å². The first-order chi connectivity index (χ1) is 17.5. The van der Waals surface area contributed by atoms with Crippen LogP contribution in [0.1, 0.15) is 103 Å². The van der Waals surface area contributed by atoms with Crippen molar-refractivity contribution in [2.75, 3.05) is 0 Å². The molecular formula is C30H46O6. The van der Waals surface area contributed by atoms with E-state index < -0.39 is 12.1 Å². The summed E-state index contributed by atoms with van der Waals surface area (Å²) in [6, 6.07) is 10.1. The van der Waals surface area contributed by atoms with E-state index in [-0.39, 0.29) is 36.3 Å². The number of ketones is 1. The largest absolute Gasteiger partial charge is 0.368 e. The third kappa shape index (κ3) is 7.61. The third-order valence-electron chi connectivity index (χ3n) is 7.62. The van der Waals surface area contributed by atoms with Crippen molar-refractivity contribution in [3.05, 3.63) is 35.9 Å². The quantitative estimate of drug-likeness (QED) is 0.256. The summed E-state index contributed by atoms with van der Waals surface area (Å²) in [5, 5.41) is 0. The van der Waals surface area contributed by atoms with E-state index in [1.54, 1.807) is 0 Å². The highest BCUT2D eigenvalue weighted by atomic mass is 16.8. The topological polar surface area (TPSA) is 63.2 Å². The van der Waals surface area contributed by atoms with Crippen LogP contribution < -0.4 is 0 Å². The van der Waals surface area contributed by atoms with Gasteiger partial charge in [0.1, 0.15) is 24.4 Å². The number of Topliss-reactive ketones (excluding diaryl/α,β-unsaturated/α-hetero) is 1. The fraction of sp³-hybridized carbons (Fsp3) is 0.767. The number of fused-ring (bicyclic) bond motifs is 1. The van der Waals surface area contributed by atoms with Crippen LogP contribution in [0.3, 0.4) is 0 Å². The van der Waals surface area contributed by atoms with Crippen LogP contribution in [0, 0.1) is 0 Å². The third-order valence-corrected chi connectivity index (χ3v) is 7.62. The van der Waals surface area contributed by atoms with Crippen molar-refractivity contribution in [1.29, 1.82) is 0 Å². The Hall–Kier alpha value is -1.31. The fourth-order valence-electron chi connectivity index (χ4n) is 5.67. The Kier molecular flexibility index (Phi) is 10.4. The van der Waals surface area contributed by atoms with Crippen LogP contribution in [-0.2, 0) is 35.1 Å². The molecule has 6 atom stereocenters. The standard InChI is InChI=1S/C30H46O6/c1-4-5-6-7-8-9-10-11-15-18-23(31)24-19-20-25(33-24)26-27(32-21-22-16-13-12-14-17-22)28-29(34-26)36-30(2,3)35-28/h12-14,16-17,24-29H,4-11,15,18-21H2,1-3H3/t24-,25-,26-,27-,28+,29-/m0/s1. The Morgan fingerprint density at radius 1 is 0.889 bits per heavy atom. The summed E-state index contributed by atoms with van der Waals surface area (Å²) in [6.07, 6.45) is 11.5. The van der Waals surface area contributed by atoms with E-state index in [1.807, 2.05) is 44.2 Å². The molecule has 0 radical (unpaired) electrons. The number of unbranched alkanes of at least 4 members (excludes halogenated alkanes) is 8. The minimum atomic E-state index is -0.709. The van der Waals surface area contributed by atoms with Crippen LogP contribution in [0.4, 0.5) is 0 Å². The second-order valence-corrected chi connectivity index (χ2v) is 11.1. The monoisotopic (exact) mass is 502 g/mol. The smallest absolute Gasteiger partial charge is 0.190 e. The molecule has 0 aromatic heterocycles. The van der Waals surface area contributed by atoms with Gasteiger partial charge in [0.25, 0.3) is 0 Å².